The van der Waals surface area contributed by atoms with Crippen LogP contribution in [0, 0.1) is 5.92 Å². The highest BCUT2D eigenvalue weighted by atomic mass is 28.3. The first-order valence-electron chi connectivity index (χ1n) is 4.51. The molecule has 0 fully saturated rings. The van der Waals surface area contributed by atoms with Crippen LogP contribution < -0.4 is 0 Å². The summed E-state index contributed by atoms with van der Waals surface area (Å²) in [5.74, 6) is 0.628. The molecule has 0 saturated heterocycles. The largest absolute Gasteiger partial charge is 0.285 e. The number of hydrogen-bond donors (Lipinski definition) is 0. The summed E-state index contributed by atoms with van der Waals surface area (Å²) in [5, 5.41) is 1.25. The SMILES string of the molecule is C=C(C=NC1C=CC1C)[SiH](C)C. The lowest BCUT2D eigenvalue weighted by atomic mass is 9.92. The molecule has 66 valence electrons. The fourth-order valence-electron chi connectivity index (χ4n) is 0.949. The minimum Gasteiger partial charge on any atom is -0.285 e. The maximum Gasteiger partial charge on any atom is 0.0739 e. The minimum absolute atomic E-state index is 0.425. The second-order valence-electron chi connectivity index (χ2n) is 3.74. The quantitative estimate of drug-likeness (QED) is 0.358. The van der Waals surface area contributed by atoms with Crippen LogP contribution in [0.15, 0.2) is 28.9 Å². The van der Waals surface area contributed by atoms with Crippen LogP contribution in [-0.4, -0.2) is 21.1 Å². The molecule has 0 N–H and O–H groups in total. The number of rotatable bonds is 3. The van der Waals surface area contributed by atoms with Crippen LogP contribution >= 0.6 is 0 Å². The van der Waals surface area contributed by atoms with Gasteiger partial charge >= 0.3 is 0 Å². The molecule has 1 nitrogen and oxygen atoms in total. The van der Waals surface area contributed by atoms with Crippen molar-refractivity contribution >= 4 is 15.0 Å². The Balaban J connectivity index is 2.40. The fraction of sp³-hybridized carbons (Fsp3) is 0.500. The minimum atomic E-state index is -0.699. The van der Waals surface area contributed by atoms with Gasteiger partial charge in [-0.15, -0.1) is 0 Å². The second kappa shape index (κ2) is 3.85. The van der Waals surface area contributed by atoms with Gasteiger partial charge in [0.05, 0.1) is 14.8 Å². The number of hydrogen-bond acceptors (Lipinski definition) is 1. The summed E-state index contributed by atoms with van der Waals surface area (Å²) in [6, 6.07) is 0.425. The van der Waals surface area contributed by atoms with Crippen molar-refractivity contribution in [2.75, 3.05) is 0 Å². The lowest BCUT2D eigenvalue weighted by molar-refractivity contribution is 0.579. The average Bonchev–Trinajstić information content (AvgIpc) is 2.01. The molecular formula is C10H17NSi. The van der Waals surface area contributed by atoms with Gasteiger partial charge in [-0.3, -0.25) is 4.99 Å². The molecule has 0 bridgehead atoms. The lowest BCUT2D eigenvalue weighted by Crippen LogP contribution is -2.20. The first-order chi connectivity index (χ1) is 5.61. The molecule has 2 unspecified atom stereocenters. The molecule has 12 heavy (non-hydrogen) atoms. The van der Waals surface area contributed by atoms with E-state index in [0.29, 0.717) is 12.0 Å². The third kappa shape index (κ3) is 2.17. The van der Waals surface area contributed by atoms with Crippen molar-refractivity contribution in [1.29, 1.82) is 0 Å². The lowest BCUT2D eigenvalue weighted by Gasteiger charge is -2.21. The Kier molecular flexibility index (Phi) is 3.03. The van der Waals surface area contributed by atoms with Gasteiger partial charge in [0, 0.05) is 6.21 Å². The van der Waals surface area contributed by atoms with E-state index in [9.17, 15) is 0 Å². The maximum atomic E-state index is 4.46. The van der Waals surface area contributed by atoms with E-state index in [1.807, 2.05) is 6.21 Å². The maximum absolute atomic E-state index is 4.46. The van der Waals surface area contributed by atoms with Crippen LogP contribution in [-0.2, 0) is 0 Å². The molecule has 0 saturated carbocycles. The Morgan fingerprint density at radius 3 is 2.50 bits per heavy atom. The molecule has 0 amide bonds. The van der Waals surface area contributed by atoms with Gasteiger partial charge in [0.25, 0.3) is 0 Å². The average molecular weight is 179 g/mol. The molecule has 0 heterocycles. The molecule has 0 aromatic rings. The normalized spacial score (nSPS) is 28.0. The first kappa shape index (κ1) is 9.45. The first-order valence-corrected chi connectivity index (χ1v) is 7.40. The van der Waals surface area contributed by atoms with Gasteiger partial charge in [0.1, 0.15) is 0 Å². The topological polar surface area (TPSA) is 12.4 Å². The van der Waals surface area contributed by atoms with E-state index in [2.05, 4.69) is 43.7 Å². The second-order valence-corrected chi connectivity index (χ2v) is 6.79. The summed E-state index contributed by atoms with van der Waals surface area (Å²) in [6.07, 6.45) is 6.31. The summed E-state index contributed by atoms with van der Waals surface area (Å²) < 4.78 is 0. The van der Waals surface area contributed by atoms with Crippen molar-refractivity contribution in [3.8, 4) is 0 Å². The highest BCUT2D eigenvalue weighted by Gasteiger charge is 2.17. The Morgan fingerprint density at radius 2 is 2.17 bits per heavy atom. The molecule has 1 rings (SSSR count). The van der Waals surface area contributed by atoms with Crippen molar-refractivity contribution in [1.82, 2.24) is 0 Å². The Hall–Kier alpha value is -0.633. The molecule has 1 aliphatic carbocycles. The predicted molar refractivity (Wildman–Crippen MR) is 58.6 cm³/mol. The molecule has 2 atom stereocenters. The molecule has 1 aliphatic rings. The summed E-state index contributed by atoms with van der Waals surface area (Å²) in [6.45, 7) is 10.7. The number of nitrogens with zero attached hydrogens (tertiary/aromatic N) is 1. The molecule has 0 radical (unpaired) electrons. The van der Waals surface area contributed by atoms with E-state index in [-0.39, 0.29) is 0 Å². The van der Waals surface area contributed by atoms with E-state index < -0.39 is 8.80 Å². The third-order valence-electron chi connectivity index (χ3n) is 2.30. The van der Waals surface area contributed by atoms with Gasteiger partial charge in [-0.05, 0) is 5.92 Å². The molecule has 2 heteroatoms. The van der Waals surface area contributed by atoms with E-state index in [1.54, 1.807) is 0 Å². The van der Waals surface area contributed by atoms with Crippen molar-refractivity contribution in [3.63, 3.8) is 0 Å². The van der Waals surface area contributed by atoms with Gasteiger partial charge in [-0.25, -0.2) is 0 Å². The Labute approximate surface area is 76.5 Å². The van der Waals surface area contributed by atoms with Crippen LogP contribution in [0.3, 0.4) is 0 Å². The van der Waals surface area contributed by atoms with Crippen LogP contribution in [0.25, 0.3) is 0 Å². The van der Waals surface area contributed by atoms with Crippen LogP contribution in [0.5, 0.6) is 0 Å². The van der Waals surface area contributed by atoms with Gasteiger partial charge in [0.2, 0.25) is 0 Å². The fourth-order valence-corrected chi connectivity index (χ4v) is 1.33. The molecule has 0 aromatic carbocycles. The molecule has 0 aromatic heterocycles. The zero-order valence-corrected chi connectivity index (χ0v) is 9.27. The van der Waals surface area contributed by atoms with Crippen LogP contribution in [0.4, 0.5) is 0 Å². The number of aliphatic imine (C=N–C) groups is 1. The van der Waals surface area contributed by atoms with Crippen molar-refractivity contribution < 1.29 is 0 Å². The van der Waals surface area contributed by atoms with Gasteiger partial charge in [-0.2, -0.15) is 0 Å². The van der Waals surface area contributed by atoms with Crippen molar-refractivity contribution in [2.45, 2.75) is 26.1 Å². The van der Waals surface area contributed by atoms with Crippen LogP contribution in [0.2, 0.25) is 13.1 Å². The van der Waals surface area contributed by atoms with Gasteiger partial charge < -0.3 is 0 Å². The molecular weight excluding hydrogens is 162 g/mol. The van der Waals surface area contributed by atoms with Gasteiger partial charge in [-0.1, -0.05) is 43.9 Å². The highest BCUT2D eigenvalue weighted by Crippen LogP contribution is 2.20. The van der Waals surface area contributed by atoms with Crippen LogP contribution in [0.1, 0.15) is 6.92 Å². The summed E-state index contributed by atoms with van der Waals surface area (Å²) in [7, 11) is -0.699. The Bertz CT molecular complexity index is 228. The van der Waals surface area contributed by atoms with Crippen molar-refractivity contribution in [3.05, 3.63) is 23.9 Å². The summed E-state index contributed by atoms with van der Waals surface area (Å²) >= 11 is 0. The zero-order valence-electron chi connectivity index (χ0n) is 8.12. The number of allylic oxidation sites excluding steroid dienone is 1. The molecule has 0 spiro atoms. The van der Waals surface area contributed by atoms with Crippen molar-refractivity contribution in [2.24, 2.45) is 10.9 Å². The predicted octanol–water partition coefficient (Wildman–Crippen LogP) is 2.21. The van der Waals surface area contributed by atoms with E-state index in [0.717, 1.165) is 0 Å². The summed E-state index contributed by atoms with van der Waals surface area (Å²) in [5.41, 5.74) is 0. The Morgan fingerprint density at radius 1 is 1.50 bits per heavy atom. The van der Waals surface area contributed by atoms with E-state index >= 15 is 0 Å². The third-order valence-corrected chi connectivity index (χ3v) is 3.94. The molecule has 0 aliphatic heterocycles. The highest BCUT2D eigenvalue weighted by molar-refractivity contribution is 6.68. The van der Waals surface area contributed by atoms with E-state index in [4.69, 9.17) is 0 Å². The smallest absolute Gasteiger partial charge is 0.0739 e. The van der Waals surface area contributed by atoms with E-state index in [1.165, 1.54) is 5.20 Å². The standard InChI is InChI=1S/C10H17NSi/c1-8-5-6-10(8)11-7-9(2)12(3)4/h5-8,10,12H,2H2,1,3-4H3. The monoisotopic (exact) mass is 179 g/mol. The summed E-state index contributed by atoms with van der Waals surface area (Å²) in [4.78, 5) is 4.46. The van der Waals surface area contributed by atoms with Gasteiger partial charge in [0.15, 0.2) is 0 Å². The zero-order chi connectivity index (χ0) is 9.14.